The number of halogens is 1. The first-order chi connectivity index (χ1) is 18.3. The van der Waals surface area contributed by atoms with Crippen LogP contribution in [-0.4, -0.2) is 62.5 Å². The zero-order chi connectivity index (χ0) is 27.5. The third kappa shape index (κ3) is 7.95. The highest BCUT2D eigenvalue weighted by atomic mass is 35.5. The molecule has 2 aromatic carbocycles. The van der Waals surface area contributed by atoms with E-state index in [4.69, 9.17) is 16.3 Å². The molecule has 0 radical (unpaired) electrons. The Morgan fingerprint density at radius 1 is 1.16 bits per heavy atom. The van der Waals surface area contributed by atoms with Gasteiger partial charge in [0.25, 0.3) is 0 Å². The van der Waals surface area contributed by atoms with E-state index in [-0.39, 0.29) is 18.0 Å². The Balaban J connectivity index is 1.90. The Labute approximate surface area is 234 Å². The molecule has 38 heavy (non-hydrogen) atoms. The van der Waals surface area contributed by atoms with E-state index in [0.717, 1.165) is 55.3 Å². The topological polar surface area (TPSA) is 73.8 Å². The SMILES string of the molecule is CNC[C@H](CC(C)C)NC(=O)N1CCC[C@@H]([C@@](O)(CCCCOC)c2ccccc2-c2ccccc2Cl)C1. The van der Waals surface area contributed by atoms with E-state index < -0.39 is 5.60 Å². The van der Waals surface area contributed by atoms with Gasteiger partial charge in [0, 0.05) is 55.9 Å². The second-order valence-electron chi connectivity index (χ2n) is 11.0. The smallest absolute Gasteiger partial charge is 0.317 e. The number of aliphatic hydroxyl groups is 1. The zero-order valence-corrected chi connectivity index (χ0v) is 24.3. The van der Waals surface area contributed by atoms with Gasteiger partial charge in [-0.2, -0.15) is 0 Å². The van der Waals surface area contributed by atoms with Crippen molar-refractivity contribution in [1.29, 1.82) is 0 Å². The molecule has 1 aliphatic heterocycles. The summed E-state index contributed by atoms with van der Waals surface area (Å²) in [4.78, 5) is 15.3. The number of hydrogen-bond donors (Lipinski definition) is 3. The number of rotatable bonds is 13. The van der Waals surface area contributed by atoms with Crippen molar-refractivity contribution in [3.8, 4) is 11.1 Å². The fourth-order valence-corrected chi connectivity index (χ4v) is 6.04. The van der Waals surface area contributed by atoms with Crippen molar-refractivity contribution in [2.24, 2.45) is 11.8 Å². The maximum atomic E-state index is 13.4. The van der Waals surface area contributed by atoms with Crippen LogP contribution in [0.4, 0.5) is 4.79 Å². The Bertz CT molecular complexity index is 1020. The average Bonchev–Trinajstić information content (AvgIpc) is 2.91. The van der Waals surface area contributed by atoms with Gasteiger partial charge in [-0.05, 0) is 68.7 Å². The first-order valence-electron chi connectivity index (χ1n) is 14.1. The van der Waals surface area contributed by atoms with Gasteiger partial charge in [-0.1, -0.05) is 67.9 Å². The van der Waals surface area contributed by atoms with Gasteiger partial charge in [-0.15, -0.1) is 0 Å². The molecule has 3 rings (SSSR count). The van der Waals surface area contributed by atoms with E-state index in [0.29, 0.717) is 37.1 Å². The molecule has 2 aromatic rings. The number of carbonyl (C=O) groups is 1. The van der Waals surface area contributed by atoms with Crippen molar-refractivity contribution >= 4 is 17.6 Å². The number of amides is 2. The van der Waals surface area contributed by atoms with Crippen LogP contribution in [0.2, 0.25) is 5.02 Å². The molecular formula is C31H46ClN3O3. The van der Waals surface area contributed by atoms with Crippen molar-refractivity contribution in [1.82, 2.24) is 15.5 Å². The maximum Gasteiger partial charge on any atom is 0.317 e. The minimum absolute atomic E-state index is 0.0447. The first-order valence-corrected chi connectivity index (χ1v) is 14.4. The van der Waals surface area contributed by atoms with Crippen LogP contribution < -0.4 is 10.6 Å². The molecule has 1 aliphatic rings. The van der Waals surface area contributed by atoms with Crippen LogP contribution in [0, 0.1) is 11.8 Å². The number of hydrogen-bond acceptors (Lipinski definition) is 4. The predicted octanol–water partition coefficient (Wildman–Crippen LogP) is 6.07. The second kappa shape index (κ2) is 14.9. The lowest BCUT2D eigenvalue weighted by molar-refractivity contribution is -0.0559. The molecule has 1 fully saturated rings. The summed E-state index contributed by atoms with van der Waals surface area (Å²) in [5, 5.41) is 19.7. The number of nitrogens with one attached hydrogen (secondary N) is 2. The van der Waals surface area contributed by atoms with Gasteiger partial charge in [0.2, 0.25) is 0 Å². The zero-order valence-electron chi connectivity index (χ0n) is 23.5. The molecule has 6 nitrogen and oxygen atoms in total. The summed E-state index contributed by atoms with van der Waals surface area (Å²) in [6, 6.07) is 15.9. The highest BCUT2D eigenvalue weighted by Crippen LogP contribution is 2.44. The Kier molecular flexibility index (Phi) is 11.9. The van der Waals surface area contributed by atoms with Crippen molar-refractivity contribution in [2.45, 2.75) is 64.0 Å². The van der Waals surface area contributed by atoms with Gasteiger partial charge in [0.15, 0.2) is 0 Å². The van der Waals surface area contributed by atoms with E-state index in [1.165, 1.54) is 0 Å². The molecule has 0 aromatic heterocycles. The van der Waals surface area contributed by atoms with E-state index >= 15 is 0 Å². The number of carbonyl (C=O) groups excluding carboxylic acids is 1. The van der Waals surface area contributed by atoms with Crippen LogP contribution >= 0.6 is 11.6 Å². The Morgan fingerprint density at radius 3 is 2.55 bits per heavy atom. The van der Waals surface area contributed by atoms with E-state index in [9.17, 15) is 9.90 Å². The molecule has 210 valence electrons. The lowest BCUT2D eigenvalue weighted by Gasteiger charge is -2.44. The molecule has 3 N–H and O–H groups in total. The summed E-state index contributed by atoms with van der Waals surface area (Å²) in [5.74, 6) is 0.391. The molecule has 1 saturated heterocycles. The minimum atomic E-state index is -1.11. The van der Waals surface area contributed by atoms with Crippen LogP contribution in [0.1, 0.15) is 57.9 Å². The number of likely N-dealkylation sites (N-methyl/N-ethyl adjacent to an activating group) is 1. The van der Waals surface area contributed by atoms with Crippen molar-refractivity contribution in [2.75, 3.05) is 40.4 Å². The van der Waals surface area contributed by atoms with Crippen molar-refractivity contribution in [3.05, 3.63) is 59.1 Å². The summed E-state index contributed by atoms with van der Waals surface area (Å²) >= 11 is 6.62. The fourth-order valence-electron chi connectivity index (χ4n) is 5.80. The number of likely N-dealkylation sites (tertiary alicyclic amines) is 1. The summed E-state index contributed by atoms with van der Waals surface area (Å²) in [7, 11) is 3.62. The van der Waals surface area contributed by atoms with Crippen molar-refractivity contribution in [3.63, 3.8) is 0 Å². The highest BCUT2D eigenvalue weighted by molar-refractivity contribution is 6.33. The fraction of sp³-hybridized carbons (Fsp3) is 0.581. The van der Waals surface area contributed by atoms with Crippen molar-refractivity contribution < 1.29 is 14.6 Å². The van der Waals surface area contributed by atoms with Gasteiger partial charge < -0.3 is 25.4 Å². The normalized spacial score (nSPS) is 18.3. The molecule has 0 bridgehead atoms. The second-order valence-corrected chi connectivity index (χ2v) is 11.4. The number of urea groups is 1. The summed E-state index contributed by atoms with van der Waals surface area (Å²) < 4.78 is 5.28. The van der Waals surface area contributed by atoms with E-state index in [2.05, 4.69) is 24.5 Å². The average molecular weight is 544 g/mol. The summed E-state index contributed by atoms with van der Waals surface area (Å²) in [5.41, 5.74) is 1.63. The van der Waals surface area contributed by atoms with Crippen LogP contribution in [0.25, 0.3) is 11.1 Å². The third-order valence-corrected chi connectivity index (χ3v) is 7.96. The lowest BCUT2D eigenvalue weighted by Crippen LogP contribution is -2.54. The first kappa shape index (κ1) is 30.4. The maximum absolute atomic E-state index is 13.4. The Hall–Kier alpha value is -2.12. The predicted molar refractivity (Wildman–Crippen MR) is 157 cm³/mol. The van der Waals surface area contributed by atoms with Crippen LogP contribution in [-0.2, 0) is 10.3 Å². The minimum Gasteiger partial charge on any atom is -0.385 e. The standard InChI is InChI=1S/C31H46ClN3O3/c1-23(2)20-25(21-33-3)34-30(36)35-18-11-12-24(22-35)31(37,17-9-10-19-38-4)28-15-7-5-13-26(28)27-14-6-8-16-29(27)32/h5-8,13-16,23-25,33,37H,9-12,17-22H2,1-4H3,(H,34,36)/t24-,25+,31+/m1/s1. The van der Waals surface area contributed by atoms with Crippen LogP contribution in [0.5, 0.6) is 0 Å². The molecule has 1 heterocycles. The number of piperidine rings is 1. The van der Waals surface area contributed by atoms with Gasteiger partial charge in [0.1, 0.15) is 0 Å². The van der Waals surface area contributed by atoms with E-state index in [1.54, 1.807) is 7.11 Å². The molecule has 3 atom stereocenters. The van der Waals surface area contributed by atoms with Gasteiger partial charge >= 0.3 is 6.03 Å². The summed E-state index contributed by atoms with van der Waals surface area (Å²) in [6.07, 6.45) is 4.90. The number of benzene rings is 2. The number of unbranched alkanes of at least 4 members (excludes halogenated alkanes) is 1. The number of methoxy groups -OCH3 is 1. The van der Waals surface area contributed by atoms with E-state index in [1.807, 2.05) is 60.5 Å². The monoisotopic (exact) mass is 543 g/mol. The number of nitrogens with zero attached hydrogens (tertiary/aromatic N) is 1. The molecule has 7 heteroatoms. The molecular weight excluding hydrogens is 498 g/mol. The molecule has 2 amide bonds. The van der Waals surface area contributed by atoms with Gasteiger partial charge in [-0.3, -0.25) is 0 Å². The third-order valence-electron chi connectivity index (χ3n) is 7.63. The quantitative estimate of drug-likeness (QED) is 0.268. The van der Waals surface area contributed by atoms with Crippen LogP contribution in [0.15, 0.2) is 48.5 Å². The largest absolute Gasteiger partial charge is 0.385 e. The Morgan fingerprint density at radius 2 is 1.87 bits per heavy atom. The molecule has 0 saturated carbocycles. The summed E-state index contributed by atoms with van der Waals surface area (Å²) in [6.45, 7) is 6.94. The number of ether oxygens (including phenoxy) is 1. The molecule has 0 unspecified atom stereocenters. The molecule has 0 spiro atoms. The van der Waals surface area contributed by atoms with Crippen LogP contribution in [0.3, 0.4) is 0 Å². The molecule has 0 aliphatic carbocycles. The lowest BCUT2D eigenvalue weighted by atomic mass is 9.72. The highest BCUT2D eigenvalue weighted by Gasteiger charge is 2.42. The van der Waals surface area contributed by atoms with Gasteiger partial charge in [-0.25, -0.2) is 4.79 Å². The van der Waals surface area contributed by atoms with Gasteiger partial charge in [0.05, 0.1) is 5.60 Å².